The van der Waals surface area contributed by atoms with Crippen LogP contribution >= 0.6 is 0 Å². The van der Waals surface area contributed by atoms with Crippen molar-refractivity contribution in [3.8, 4) is 0 Å². The van der Waals surface area contributed by atoms with Gasteiger partial charge in [0.05, 0.1) is 0 Å². The summed E-state index contributed by atoms with van der Waals surface area (Å²) in [4.78, 5) is 6.87. The molecule has 1 aliphatic rings. The minimum atomic E-state index is 0.766. The van der Waals surface area contributed by atoms with Gasteiger partial charge in [-0.15, -0.1) is 0 Å². The molecule has 1 N–H and O–H groups in total. The summed E-state index contributed by atoms with van der Waals surface area (Å²) >= 11 is 0. The molecule has 3 nitrogen and oxygen atoms in total. The Hall–Kier alpha value is -1.09. The first kappa shape index (κ1) is 12.4. The van der Waals surface area contributed by atoms with Crippen LogP contribution in [-0.2, 0) is 6.54 Å². The van der Waals surface area contributed by atoms with E-state index in [0.717, 1.165) is 31.5 Å². The number of hydrogen-bond acceptors (Lipinski definition) is 3. The molecule has 94 valence electrons. The Kier molecular flexibility index (Phi) is 4.37. The smallest absolute Gasteiger partial charge is 0.128 e. The Morgan fingerprint density at radius 3 is 2.71 bits per heavy atom. The van der Waals surface area contributed by atoms with Crippen LogP contribution < -0.4 is 10.2 Å². The molecule has 3 heteroatoms. The summed E-state index contributed by atoms with van der Waals surface area (Å²) in [6.45, 7) is 7.46. The molecule has 17 heavy (non-hydrogen) atoms. The first-order chi connectivity index (χ1) is 8.33. The van der Waals surface area contributed by atoms with Crippen molar-refractivity contribution in [2.45, 2.75) is 45.7 Å². The normalized spacial score (nSPS) is 14.9. The Bertz CT molecular complexity index is 330. The molecule has 0 aliphatic heterocycles. The molecule has 1 saturated carbocycles. The zero-order valence-electron chi connectivity index (χ0n) is 10.9. The van der Waals surface area contributed by atoms with Crippen LogP contribution in [0.4, 0.5) is 5.82 Å². The lowest BCUT2D eigenvalue weighted by atomic mass is 10.2. The summed E-state index contributed by atoms with van der Waals surface area (Å²) in [6, 6.07) is 5.10. The zero-order chi connectivity index (χ0) is 12.1. The SMILES string of the molecule is CCCN(CC)c1ccc(CNC2CC2)cn1. The topological polar surface area (TPSA) is 28.2 Å². The van der Waals surface area contributed by atoms with E-state index in [1.54, 1.807) is 0 Å². The van der Waals surface area contributed by atoms with Crippen LogP contribution in [0.25, 0.3) is 0 Å². The molecule has 0 amide bonds. The number of nitrogens with zero attached hydrogens (tertiary/aromatic N) is 2. The van der Waals surface area contributed by atoms with Crippen molar-refractivity contribution < 1.29 is 0 Å². The molecule has 0 spiro atoms. The summed E-state index contributed by atoms with van der Waals surface area (Å²) in [7, 11) is 0. The molecular weight excluding hydrogens is 210 g/mol. The maximum absolute atomic E-state index is 4.55. The fourth-order valence-electron chi connectivity index (χ4n) is 1.96. The average Bonchev–Trinajstić information content (AvgIpc) is 3.18. The van der Waals surface area contributed by atoms with Crippen molar-refractivity contribution in [1.29, 1.82) is 0 Å². The van der Waals surface area contributed by atoms with Gasteiger partial charge in [-0.3, -0.25) is 0 Å². The van der Waals surface area contributed by atoms with Gasteiger partial charge in [0.2, 0.25) is 0 Å². The fraction of sp³-hybridized carbons (Fsp3) is 0.643. The fourth-order valence-corrected chi connectivity index (χ4v) is 1.96. The van der Waals surface area contributed by atoms with E-state index in [-0.39, 0.29) is 0 Å². The van der Waals surface area contributed by atoms with Crippen molar-refractivity contribution in [2.75, 3.05) is 18.0 Å². The Morgan fingerprint density at radius 1 is 1.35 bits per heavy atom. The van der Waals surface area contributed by atoms with E-state index in [9.17, 15) is 0 Å². The van der Waals surface area contributed by atoms with Gasteiger partial charge in [-0.1, -0.05) is 13.0 Å². The molecular formula is C14H23N3. The minimum Gasteiger partial charge on any atom is -0.357 e. The van der Waals surface area contributed by atoms with Gasteiger partial charge in [0.15, 0.2) is 0 Å². The summed E-state index contributed by atoms with van der Waals surface area (Å²) in [5.74, 6) is 1.10. The van der Waals surface area contributed by atoms with E-state index < -0.39 is 0 Å². The summed E-state index contributed by atoms with van der Waals surface area (Å²) in [5, 5.41) is 3.51. The zero-order valence-corrected chi connectivity index (χ0v) is 10.9. The highest BCUT2D eigenvalue weighted by atomic mass is 15.2. The van der Waals surface area contributed by atoms with E-state index in [1.807, 2.05) is 6.20 Å². The van der Waals surface area contributed by atoms with E-state index >= 15 is 0 Å². The predicted octanol–water partition coefficient (Wildman–Crippen LogP) is 2.57. The second kappa shape index (κ2) is 6.01. The summed E-state index contributed by atoms with van der Waals surface area (Å²) < 4.78 is 0. The number of anilines is 1. The molecule has 0 unspecified atom stereocenters. The van der Waals surface area contributed by atoms with Crippen molar-refractivity contribution in [3.63, 3.8) is 0 Å². The minimum absolute atomic E-state index is 0.766. The molecule has 0 aromatic carbocycles. The maximum Gasteiger partial charge on any atom is 0.128 e. The van der Waals surface area contributed by atoms with Gasteiger partial charge in [0.1, 0.15) is 5.82 Å². The first-order valence-corrected chi connectivity index (χ1v) is 6.76. The van der Waals surface area contributed by atoms with Crippen molar-refractivity contribution >= 4 is 5.82 Å². The second-order valence-electron chi connectivity index (χ2n) is 4.76. The van der Waals surface area contributed by atoms with E-state index in [2.05, 4.69) is 41.2 Å². The number of nitrogens with one attached hydrogen (secondary N) is 1. The van der Waals surface area contributed by atoms with Crippen molar-refractivity contribution in [1.82, 2.24) is 10.3 Å². The first-order valence-electron chi connectivity index (χ1n) is 6.76. The van der Waals surface area contributed by atoms with Crippen LogP contribution in [0.5, 0.6) is 0 Å². The molecule has 1 aliphatic carbocycles. The van der Waals surface area contributed by atoms with Gasteiger partial charge in [0, 0.05) is 31.9 Å². The highest BCUT2D eigenvalue weighted by molar-refractivity contribution is 5.39. The van der Waals surface area contributed by atoms with Gasteiger partial charge in [-0.05, 0) is 37.8 Å². The van der Waals surface area contributed by atoms with Crippen LogP contribution in [0.1, 0.15) is 38.7 Å². The molecule has 0 radical (unpaired) electrons. The molecule has 1 aromatic heterocycles. The standard InChI is InChI=1S/C14H23N3/c1-3-9-17(4-2)14-8-5-12(11-16-14)10-15-13-6-7-13/h5,8,11,13,15H,3-4,6-7,9-10H2,1-2H3. The van der Waals surface area contributed by atoms with Gasteiger partial charge in [-0.2, -0.15) is 0 Å². The third kappa shape index (κ3) is 3.70. The molecule has 0 saturated heterocycles. The highest BCUT2D eigenvalue weighted by Crippen LogP contribution is 2.19. The number of aromatic nitrogens is 1. The lowest BCUT2D eigenvalue weighted by Crippen LogP contribution is -2.24. The van der Waals surface area contributed by atoms with Gasteiger partial charge >= 0.3 is 0 Å². The summed E-state index contributed by atoms with van der Waals surface area (Å²) in [6.07, 6.45) is 5.85. The van der Waals surface area contributed by atoms with Gasteiger partial charge in [0.25, 0.3) is 0 Å². The third-order valence-electron chi connectivity index (χ3n) is 3.18. The van der Waals surface area contributed by atoms with Crippen molar-refractivity contribution in [2.24, 2.45) is 0 Å². The van der Waals surface area contributed by atoms with Crippen LogP contribution in [0, 0.1) is 0 Å². The number of pyridine rings is 1. The van der Waals surface area contributed by atoms with Crippen LogP contribution in [0.3, 0.4) is 0 Å². The second-order valence-corrected chi connectivity index (χ2v) is 4.76. The van der Waals surface area contributed by atoms with Crippen molar-refractivity contribution in [3.05, 3.63) is 23.9 Å². The highest BCUT2D eigenvalue weighted by Gasteiger charge is 2.19. The average molecular weight is 233 g/mol. The van der Waals surface area contributed by atoms with E-state index in [4.69, 9.17) is 0 Å². The largest absolute Gasteiger partial charge is 0.357 e. The number of hydrogen-bond donors (Lipinski definition) is 1. The maximum atomic E-state index is 4.55. The Morgan fingerprint density at radius 2 is 2.18 bits per heavy atom. The van der Waals surface area contributed by atoms with E-state index in [1.165, 1.54) is 24.8 Å². The lowest BCUT2D eigenvalue weighted by molar-refractivity contribution is 0.685. The quantitative estimate of drug-likeness (QED) is 0.784. The predicted molar refractivity (Wildman–Crippen MR) is 72.3 cm³/mol. The van der Waals surface area contributed by atoms with Gasteiger partial charge < -0.3 is 10.2 Å². The molecule has 1 heterocycles. The van der Waals surface area contributed by atoms with E-state index in [0.29, 0.717) is 0 Å². The monoisotopic (exact) mass is 233 g/mol. The molecule has 1 aromatic rings. The molecule has 2 rings (SSSR count). The summed E-state index contributed by atoms with van der Waals surface area (Å²) in [5.41, 5.74) is 1.29. The molecule has 0 bridgehead atoms. The van der Waals surface area contributed by atoms with Crippen LogP contribution in [0.15, 0.2) is 18.3 Å². The van der Waals surface area contributed by atoms with Crippen LogP contribution in [0.2, 0.25) is 0 Å². The number of rotatable bonds is 7. The molecule has 0 atom stereocenters. The molecule has 1 fully saturated rings. The lowest BCUT2D eigenvalue weighted by Gasteiger charge is -2.21. The third-order valence-corrected chi connectivity index (χ3v) is 3.18. The Balaban J connectivity index is 1.90. The van der Waals surface area contributed by atoms with Crippen LogP contribution in [-0.4, -0.2) is 24.1 Å². The Labute approximate surface area is 104 Å². The van der Waals surface area contributed by atoms with Gasteiger partial charge in [-0.25, -0.2) is 4.98 Å².